The summed E-state index contributed by atoms with van der Waals surface area (Å²) in [5.74, 6) is 8.35. The Morgan fingerprint density at radius 1 is 1.25 bits per heavy atom. The Morgan fingerprint density at radius 2 is 1.85 bits per heavy atom. The number of nitrogens with two attached hydrogens (primary N) is 1. The van der Waals surface area contributed by atoms with Gasteiger partial charge in [0.05, 0.1) is 0 Å². The first-order valence-electron chi connectivity index (χ1n) is 6.65. The molecule has 0 spiro atoms. The van der Waals surface area contributed by atoms with Crippen LogP contribution in [0.1, 0.15) is 38.6 Å². The second kappa shape index (κ2) is 6.99. The van der Waals surface area contributed by atoms with Crippen LogP contribution in [0, 0.1) is 6.92 Å². The predicted octanol–water partition coefficient (Wildman–Crippen LogP) is 1.55. The molecular weight excluding hydrogens is 274 g/mol. The first kappa shape index (κ1) is 16.8. The summed E-state index contributed by atoms with van der Waals surface area (Å²) in [7, 11) is -0.758. The smallest absolute Gasteiger partial charge is 0.148 e. The van der Waals surface area contributed by atoms with E-state index >= 15 is 0 Å². The van der Waals surface area contributed by atoms with Gasteiger partial charge < -0.3 is 10.7 Å². The van der Waals surface area contributed by atoms with Gasteiger partial charge in [-0.3, -0.25) is 4.21 Å². The summed E-state index contributed by atoms with van der Waals surface area (Å²) in [5.41, 5.74) is 3.35. The van der Waals surface area contributed by atoms with Gasteiger partial charge in [0.2, 0.25) is 0 Å². The molecule has 0 saturated carbocycles. The number of nitrogens with zero attached hydrogens (tertiary/aromatic N) is 2. The maximum Gasteiger partial charge on any atom is 0.148 e. The zero-order valence-corrected chi connectivity index (χ0v) is 13.7. The zero-order chi connectivity index (χ0) is 15.3. The van der Waals surface area contributed by atoms with Crippen molar-refractivity contribution in [2.75, 3.05) is 29.3 Å². The number of hydrogen-bond donors (Lipinski definition) is 3. The maximum absolute atomic E-state index is 11.0. The average molecular weight is 299 g/mol. The van der Waals surface area contributed by atoms with Gasteiger partial charge in [-0.1, -0.05) is 20.8 Å². The summed E-state index contributed by atoms with van der Waals surface area (Å²) in [5, 5.41) is 3.27. The Hall–Kier alpha value is -1.21. The van der Waals surface area contributed by atoms with Crippen molar-refractivity contribution in [1.82, 2.24) is 9.97 Å². The second-order valence-electron chi connectivity index (χ2n) is 5.82. The first-order valence-corrected chi connectivity index (χ1v) is 8.38. The van der Waals surface area contributed by atoms with Crippen LogP contribution in [0.3, 0.4) is 0 Å². The molecule has 1 atom stereocenters. The summed E-state index contributed by atoms with van der Waals surface area (Å²) in [4.78, 5) is 9.02. The van der Waals surface area contributed by atoms with Gasteiger partial charge in [-0.15, -0.1) is 0 Å². The van der Waals surface area contributed by atoms with Crippen LogP contribution in [0.15, 0.2) is 0 Å². The molecule has 1 aromatic heterocycles. The van der Waals surface area contributed by atoms with E-state index in [9.17, 15) is 4.21 Å². The van der Waals surface area contributed by atoms with E-state index < -0.39 is 10.8 Å². The van der Waals surface area contributed by atoms with Crippen LogP contribution < -0.4 is 16.6 Å². The lowest BCUT2D eigenvalue weighted by molar-refractivity contribution is 0.546. The molecule has 1 rings (SSSR count). The molecule has 0 saturated heterocycles. The van der Waals surface area contributed by atoms with Crippen LogP contribution in [-0.4, -0.2) is 32.7 Å². The van der Waals surface area contributed by atoms with Gasteiger partial charge in [0, 0.05) is 40.3 Å². The minimum Gasteiger partial charge on any atom is -0.370 e. The number of hydrazine groups is 1. The molecule has 0 radical (unpaired) electrons. The lowest BCUT2D eigenvalue weighted by atomic mass is 9.95. The van der Waals surface area contributed by atoms with E-state index in [0.29, 0.717) is 11.6 Å². The summed E-state index contributed by atoms with van der Waals surface area (Å²) < 4.78 is 11.0. The van der Waals surface area contributed by atoms with Crippen molar-refractivity contribution in [2.45, 2.75) is 39.5 Å². The SMILES string of the molecule is Cc1c(NN)nc(C(C)(C)C)nc1NCCCS(C)=O. The van der Waals surface area contributed by atoms with E-state index in [2.05, 4.69) is 41.5 Å². The molecule has 0 bridgehead atoms. The number of anilines is 2. The van der Waals surface area contributed by atoms with Crippen molar-refractivity contribution >= 4 is 22.4 Å². The van der Waals surface area contributed by atoms with Crippen molar-refractivity contribution in [2.24, 2.45) is 5.84 Å². The Morgan fingerprint density at radius 3 is 2.35 bits per heavy atom. The van der Waals surface area contributed by atoms with Gasteiger partial charge in [-0.05, 0) is 13.3 Å². The van der Waals surface area contributed by atoms with E-state index in [0.717, 1.165) is 30.2 Å². The summed E-state index contributed by atoms with van der Waals surface area (Å²) in [6.45, 7) is 8.82. The summed E-state index contributed by atoms with van der Waals surface area (Å²) in [6.07, 6.45) is 2.55. The molecule has 1 unspecified atom stereocenters. The molecule has 20 heavy (non-hydrogen) atoms. The highest BCUT2D eigenvalue weighted by molar-refractivity contribution is 7.84. The minimum absolute atomic E-state index is 0.152. The number of hydrogen-bond acceptors (Lipinski definition) is 6. The standard InChI is InChI=1S/C13H25N5OS/c1-9-10(15-7-6-8-20(5)19)16-12(13(2,3)4)17-11(9)18-14/h6-8,14H2,1-5H3,(H2,15,16,17,18). The minimum atomic E-state index is -0.758. The molecule has 0 fully saturated rings. The van der Waals surface area contributed by atoms with Crippen molar-refractivity contribution in [3.05, 3.63) is 11.4 Å². The van der Waals surface area contributed by atoms with Gasteiger partial charge in [-0.25, -0.2) is 15.8 Å². The highest BCUT2D eigenvalue weighted by atomic mass is 32.2. The van der Waals surface area contributed by atoms with Crippen molar-refractivity contribution in [1.29, 1.82) is 0 Å². The number of aromatic nitrogens is 2. The van der Waals surface area contributed by atoms with Crippen molar-refractivity contribution in [3.63, 3.8) is 0 Å². The van der Waals surface area contributed by atoms with Gasteiger partial charge in [0.25, 0.3) is 0 Å². The van der Waals surface area contributed by atoms with Crippen molar-refractivity contribution < 1.29 is 4.21 Å². The fourth-order valence-electron chi connectivity index (χ4n) is 1.65. The Labute approximate surface area is 123 Å². The first-order chi connectivity index (χ1) is 9.25. The fraction of sp³-hybridized carbons (Fsp3) is 0.692. The van der Waals surface area contributed by atoms with E-state index in [1.165, 1.54) is 0 Å². The maximum atomic E-state index is 11.0. The Balaban J connectivity index is 2.91. The Kier molecular flexibility index (Phi) is 5.88. The third-order valence-electron chi connectivity index (χ3n) is 2.85. The number of nitrogens with one attached hydrogen (secondary N) is 2. The van der Waals surface area contributed by atoms with Crippen LogP contribution in [0.25, 0.3) is 0 Å². The summed E-state index contributed by atoms with van der Waals surface area (Å²) >= 11 is 0. The third-order valence-corrected chi connectivity index (χ3v) is 3.72. The molecule has 1 aromatic rings. The van der Waals surface area contributed by atoms with Crippen molar-refractivity contribution in [3.8, 4) is 0 Å². The lowest BCUT2D eigenvalue weighted by Crippen LogP contribution is -2.21. The predicted molar refractivity (Wildman–Crippen MR) is 85.3 cm³/mol. The number of nitrogen functional groups attached to an aromatic ring is 1. The van der Waals surface area contributed by atoms with Crippen LogP contribution in [0.2, 0.25) is 0 Å². The van der Waals surface area contributed by atoms with E-state index in [-0.39, 0.29) is 5.41 Å². The van der Waals surface area contributed by atoms with Crippen LogP contribution in [0.4, 0.5) is 11.6 Å². The van der Waals surface area contributed by atoms with E-state index in [1.54, 1.807) is 6.26 Å². The molecule has 7 heteroatoms. The molecule has 4 N–H and O–H groups in total. The average Bonchev–Trinajstić information content (AvgIpc) is 2.34. The van der Waals surface area contributed by atoms with Gasteiger partial charge in [-0.2, -0.15) is 0 Å². The quantitative estimate of drug-likeness (QED) is 0.419. The van der Waals surface area contributed by atoms with Crippen LogP contribution in [0.5, 0.6) is 0 Å². The molecular formula is C13H25N5OS. The largest absolute Gasteiger partial charge is 0.370 e. The van der Waals surface area contributed by atoms with E-state index in [1.807, 2.05) is 6.92 Å². The van der Waals surface area contributed by atoms with Gasteiger partial charge in [0.1, 0.15) is 17.5 Å². The molecule has 1 heterocycles. The molecule has 6 nitrogen and oxygen atoms in total. The molecule has 0 aliphatic carbocycles. The normalized spacial score (nSPS) is 13.1. The molecule has 0 aliphatic heterocycles. The molecule has 0 aromatic carbocycles. The van der Waals surface area contributed by atoms with Gasteiger partial charge >= 0.3 is 0 Å². The topological polar surface area (TPSA) is 92.9 Å². The zero-order valence-electron chi connectivity index (χ0n) is 12.9. The summed E-state index contributed by atoms with van der Waals surface area (Å²) in [6, 6.07) is 0. The molecule has 114 valence electrons. The Bertz CT molecular complexity index is 484. The van der Waals surface area contributed by atoms with E-state index in [4.69, 9.17) is 5.84 Å². The monoisotopic (exact) mass is 299 g/mol. The third kappa shape index (κ3) is 4.72. The second-order valence-corrected chi connectivity index (χ2v) is 7.38. The van der Waals surface area contributed by atoms with Crippen LogP contribution in [-0.2, 0) is 16.2 Å². The fourth-order valence-corrected chi connectivity index (χ4v) is 2.20. The molecule has 0 aliphatic rings. The lowest BCUT2D eigenvalue weighted by Gasteiger charge is -2.20. The van der Waals surface area contributed by atoms with Gasteiger partial charge in [0.15, 0.2) is 0 Å². The van der Waals surface area contributed by atoms with Crippen LogP contribution >= 0.6 is 0 Å². The highest BCUT2D eigenvalue weighted by Gasteiger charge is 2.20. The number of rotatable bonds is 6. The molecule has 0 amide bonds. The highest BCUT2D eigenvalue weighted by Crippen LogP contribution is 2.25.